The number of amides is 1. The van der Waals surface area contributed by atoms with E-state index >= 15 is 0 Å². The van der Waals surface area contributed by atoms with Gasteiger partial charge < -0.3 is 14.4 Å². The van der Waals surface area contributed by atoms with E-state index in [1.54, 1.807) is 0 Å². The molecular weight excluding hydrogens is 449 g/mol. The van der Waals surface area contributed by atoms with Crippen molar-refractivity contribution < 1.29 is 9.18 Å². The summed E-state index contributed by atoms with van der Waals surface area (Å²) in [5, 5.41) is 1.14. The molecule has 1 atom stereocenters. The Morgan fingerprint density at radius 1 is 0.917 bits per heavy atom. The molecule has 0 N–H and O–H groups in total. The van der Waals surface area contributed by atoms with E-state index < -0.39 is 0 Å². The molecule has 4 nitrogen and oxygen atoms in total. The molecule has 4 aromatic rings. The Morgan fingerprint density at radius 3 is 2.31 bits per heavy atom. The lowest BCUT2D eigenvalue weighted by Gasteiger charge is -2.34. The monoisotopic (exact) mass is 483 g/mol. The Balaban J connectivity index is 1.50. The predicted molar refractivity (Wildman–Crippen MR) is 144 cm³/mol. The van der Waals surface area contributed by atoms with E-state index in [1.165, 1.54) is 23.3 Å². The molecule has 1 amide bonds. The van der Waals surface area contributed by atoms with Gasteiger partial charge in [0.15, 0.2) is 0 Å². The summed E-state index contributed by atoms with van der Waals surface area (Å²) in [4.78, 5) is 17.9. The van der Waals surface area contributed by atoms with E-state index in [1.807, 2.05) is 17.0 Å². The number of rotatable bonds is 7. The molecule has 0 aliphatic carbocycles. The highest BCUT2D eigenvalue weighted by Gasteiger charge is 2.27. The molecule has 5 rings (SSSR count). The second-order valence-electron chi connectivity index (χ2n) is 9.84. The number of nitrogens with zero attached hydrogens (tertiary/aromatic N) is 3. The van der Waals surface area contributed by atoms with Crippen LogP contribution >= 0.6 is 0 Å². The number of benzene rings is 3. The first kappa shape index (κ1) is 24.3. The summed E-state index contributed by atoms with van der Waals surface area (Å²) in [6.07, 6.45) is 2.57. The maximum atomic E-state index is 13.8. The van der Waals surface area contributed by atoms with Gasteiger partial charge in [-0.05, 0) is 48.4 Å². The summed E-state index contributed by atoms with van der Waals surface area (Å²) >= 11 is 0. The maximum Gasteiger partial charge on any atom is 0.223 e. The lowest BCUT2D eigenvalue weighted by atomic mass is 9.87. The average Bonchev–Trinajstić information content (AvgIpc) is 3.27. The molecular formula is C31H34FN3O. The zero-order valence-electron chi connectivity index (χ0n) is 21.2. The molecule has 1 saturated heterocycles. The van der Waals surface area contributed by atoms with E-state index in [-0.39, 0.29) is 17.6 Å². The number of para-hydroxylation sites is 1. The third kappa shape index (κ3) is 5.21. The third-order valence-corrected chi connectivity index (χ3v) is 7.49. The maximum absolute atomic E-state index is 13.8. The normalized spacial score (nSPS) is 15.4. The van der Waals surface area contributed by atoms with Crippen molar-refractivity contribution in [3.05, 3.63) is 107 Å². The molecule has 186 valence electrons. The minimum Gasteiger partial charge on any atom is -0.343 e. The second-order valence-corrected chi connectivity index (χ2v) is 9.84. The van der Waals surface area contributed by atoms with E-state index in [0.717, 1.165) is 61.3 Å². The van der Waals surface area contributed by atoms with Crippen LogP contribution in [0.5, 0.6) is 0 Å². The molecule has 36 heavy (non-hydrogen) atoms. The predicted octanol–water partition coefficient (Wildman–Crippen LogP) is 5.82. The summed E-state index contributed by atoms with van der Waals surface area (Å²) < 4.78 is 16.1. The van der Waals surface area contributed by atoms with Gasteiger partial charge >= 0.3 is 0 Å². The zero-order valence-corrected chi connectivity index (χ0v) is 21.2. The number of piperazine rings is 1. The van der Waals surface area contributed by atoms with Crippen molar-refractivity contribution in [1.29, 1.82) is 0 Å². The van der Waals surface area contributed by atoms with E-state index in [2.05, 4.69) is 78.0 Å². The zero-order chi connectivity index (χ0) is 25.1. The number of carbonyl (C=O) groups is 1. The minimum atomic E-state index is -0.263. The smallest absolute Gasteiger partial charge is 0.223 e. The molecule has 0 radical (unpaired) electrons. The number of carbonyl (C=O) groups excluding carboxylic acids is 1. The summed E-state index contributed by atoms with van der Waals surface area (Å²) in [7, 11) is 0. The number of likely N-dealkylation sites (N-methyl/N-ethyl adjacent to an activating group) is 1. The van der Waals surface area contributed by atoms with Crippen LogP contribution in [0.25, 0.3) is 10.9 Å². The van der Waals surface area contributed by atoms with Crippen LogP contribution < -0.4 is 0 Å². The van der Waals surface area contributed by atoms with Gasteiger partial charge in [-0.2, -0.15) is 0 Å². The Hall–Kier alpha value is -3.44. The van der Waals surface area contributed by atoms with Crippen molar-refractivity contribution in [2.24, 2.45) is 0 Å². The van der Waals surface area contributed by atoms with Crippen LogP contribution in [-0.2, 0) is 11.3 Å². The van der Waals surface area contributed by atoms with Crippen molar-refractivity contribution in [1.82, 2.24) is 14.4 Å². The first-order valence-corrected chi connectivity index (χ1v) is 12.9. The Labute approximate surface area is 213 Å². The molecule has 3 aromatic carbocycles. The number of fused-ring (bicyclic) bond motifs is 1. The molecule has 1 aliphatic heterocycles. The van der Waals surface area contributed by atoms with Crippen molar-refractivity contribution in [2.45, 2.75) is 32.7 Å². The standard InChI is InChI=1S/C31H34FN3O/c1-3-33-16-18-34(19-17-33)31(36)20-28(25-12-14-26(32)15-13-25)29-22-35(30-7-5-4-6-27(29)30)21-24-10-8-23(2)9-11-24/h4-15,22,28H,3,16-21H2,1-2H3/t28-/m1/s1. The first-order chi connectivity index (χ1) is 17.5. The number of aromatic nitrogens is 1. The van der Waals surface area contributed by atoms with Gasteiger partial charge in [-0.3, -0.25) is 4.79 Å². The Bertz CT molecular complexity index is 1320. The molecule has 2 heterocycles. The number of hydrogen-bond donors (Lipinski definition) is 0. The molecule has 0 saturated carbocycles. The number of halogens is 1. The lowest BCUT2D eigenvalue weighted by molar-refractivity contribution is -0.133. The molecule has 0 unspecified atom stereocenters. The molecule has 0 bridgehead atoms. The second kappa shape index (κ2) is 10.7. The quantitative estimate of drug-likeness (QED) is 0.331. The van der Waals surface area contributed by atoms with Crippen LogP contribution in [0.2, 0.25) is 0 Å². The third-order valence-electron chi connectivity index (χ3n) is 7.49. The molecule has 0 spiro atoms. The summed E-state index contributed by atoms with van der Waals surface area (Å²) in [6.45, 7) is 9.38. The van der Waals surface area contributed by atoms with E-state index in [4.69, 9.17) is 0 Å². The van der Waals surface area contributed by atoms with Crippen LogP contribution in [0.15, 0.2) is 79.0 Å². The highest BCUT2D eigenvalue weighted by Crippen LogP contribution is 2.36. The lowest BCUT2D eigenvalue weighted by Crippen LogP contribution is -2.48. The highest BCUT2D eigenvalue weighted by atomic mass is 19.1. The Morgan fingerprint density at radius 2 is 1.61 bits per heavy atom. The SMILES string of the molecule is CCN1CCN(C(=O)C[C@H](c2ccc(F)cc2)c2cn(Cc3ccc(C)cc3)c3ccccc23)CC1. The summed E-state index contributed by atoms with van der Waals surface area (Å²) in [6, 6.07) is 23.7. The topological polar surface area (TPSA) is 28.5 Å². The van der Waals surface area contributed by atoms with Gasteiger partial charge in [0.1, 0.15) is 5.82 Å². The van der Waals surface area contributed by atoms with Crippen molar-refractivity contribution in [3.63, 3.8) is 0 Å². The van der Waals surface area contributed by atoms with Crippen LogP contribution in [0.3, 0.4) is 0 Å². The van der Waals surface area contributed by atoms with Gasteiger partial charge in [0, 0.05) is 62.2 Å². The van der Waals surface area contributed by atoms with Crippen LogP contribution in [-0.4, -0.2) is 53.0 Å². The first-order valence-electron chi connectivity index (χ1n) is 12.9. The van der Waals surface area contributed by atoms with Crippen LogP contribution in [0.4, 0.5) is 4.39 Å². The van der Waals surface area contributed by atoms with Crippen LogP contribution in [0.1, 0.15) is 41.5 Å². The van der Waals surface area contributed by atoms with Crippen molar-refractivity contribution in [3.8, 4) is 0 Å². The number of aryl methyl sites for hydroxylation is 1. The summed E-state index contributed by atoms with van der Waals surface area (Å²) in [5.41, 5.74) is 5.70. The van der Waals surface area contributed by atoms with Gasteiger partial charge in [-0.25, -0.2) is 4.39 Å². The van der Waals surface area contributed by atoms with Gasteiger partial charge in [-0.15, -0.1) is 0 Å². The van der Waals surface area contributed by atoms with E-state index in [0.29, 0.717) is 6.42 Å². The fraction of sp³-hybridized carbons (Fsp3) is 0.323. The molecule has 5 heteroatoms. The summed E-state index contributed by atoms with van der Waals surface area (Å²) in [5.74, 6) is -0.247. The van der Waals surface area contributed by atoms with Crippen molar-refractivity contribution >= 4 is 16.8 Å². The fourth-order valence-electron chi connectivity index (χ4n) is 5.29. The highest BCUT2D eigenvalue weighted by molar-refractivity contribution is 5.87. The molecule has 1 aromatic heterocycles. The number of hydrogen-bond acceptors (Lipinski definition) is 2. The molecule has 1 aliphatic rings. The van der Waals surface area contributed by atoms with Gasteiger partial charge in [0.2, 0.25) is 5.91 Å². The van der Waals surface area contributed by atoms with Crippen molar-refractivity contribution in [2.75, 3.05) is 32.7 Å². The average molecular weight is 484 g/mol. The van der Waals surface area contributed by atoms with Gasteiger partial charge in [0.25, 0.3) is 0 Å². The minimum absolute atomic E-state index is 0.147. The van der Waals surface area contributed by atoms with E-state index in [9.17, 15) is 9.18 Å². The van der Waals surface area contributed by atoms with Gasteiger partial charge in [-0.1, -0.05) is 67.1 Å². The fourth-order valence-corrected chi connectivity index (χ4v) is 5.29. The van der Waals surface area contributed by atoms with Gasteiger partial charge in [0.05, 0.1) is 0 Å². The largest absolute Gasteiger partial charge is 0.343 e. The molecule has 1 fully saturated rings. The van der Waals surface area contributed by atoms with Crippen LogP contribution in [0, 0.1) is 12.7 Å². The Kier molecular flexibility index (Phi) is 7.19.